The quantitative estimate of drug-likeness (QED) is 0.714. The summed E-state index contributed by atoms with van der Waals surface area (Å²) in [6.07, 6.45) is 0.816. The van der Waals surface area contributed by atoms with E-state index in [1.54, 1.807) is 13.8 Å². The summed E-state index contributed by atoms with van der Waals surface area (Å²) in [4.78, 5) is 25.2. The topological polar surface area (TPSA) is 91.4 Å². The Morgan fingerprint density at radius 1 is 1.56 bits per heavy atom. The Kier molecular flexibility index (Phi) is 3.68. The normalized spacial score (nSPS) is 12.2. The van der Waals surface area contributed by atoms with Crippen LogP contribution in [0.15, 0.2) is 6.20 Å². The Morgan fingerprint density at radius 2 is 2.19 bits per heavy atom. The lowest BCUT2D eigenvalue weighted by atomic mass is 10.2. The van der Waals surface area contributed by atoms with Gasteiger partial charge in [0, 0.05) is 19.0 Å². The standard InChI is InChI=1S/C10H14N2O4/c1-5-8(10(14)15)7(4-11-5)12-9(13)6(2)16-3/h4,6,11H,1-3H3,(H,12,13)(H,14,15). The number of carbonyl (C=O) groups is 2. The molecule has 88 valence electrons. The second-order valence-electron chi connectivity index (χ2n) is 3.37. The first-order chi connectivity index (χ1) is 7.47. The maximum absolute atomic E-state index is 11.5. The number of aryl methyl sites for hydroxylation is 1. The molecule has 0 fully saturated rings. The van der Waals surface area contributed by atoms with E-state index in [1.165, 1.54) is 13.3 Å². The molecule has 6 heteroatoms. The van der Waals surface area contributed by atoms with Crippen molar-refractivity contribution in [1.29, 1.82) is 0 Å². The third-order valence-electron chi connectivity index (χ3n) is 2.27. The van der Waals surface area contributed by atoms with E-state index in [0.29, 0.717) is 5.69 Å². The summed E-state index contributed by atoms with van der Waals surface area (Å²) in [5.74, 6) is -1.47. The molecule has 0 aliphatic rings. The van der Waals surface area contributed by atoms with Crippen LogP contribution in [0.3, 0.4) is 0 Å². The number of aromatic amines is 1. The molecule has 1 unspecified atom stereocenters. The van der Waals surface area contributed by atoms with Crippen LogP contribution in [0.1, 0.15) is 23.0 Å². The molecule has 1 amide bonds. The largest absolute Gasteiger partial charge is 0.478 e. The fourth-order valence-electron chi connectivity index (χ4n) is 1.24. The van der Waals surface area contributed by atoms with Gasteiger partial charge in [-0.15, -0.1) is 0 Å². The van der Waals surface area contributed by atoms with Gasteiger partial charge in [0.25, 0.3) is 5.91 Å². The fourth-order valence-corrected chi connectivity index (χ4v) is 1.24. The fraction of sp³-hybridized carbons (Fsp3) is 0.400. The summed E-state index contributed by atoms with van der Waals surface area (Å²) >= 11 is 0. The number of amides is 1. The highest BCUT2D eigenvalue weighted by molar-refractivity contribution is 6.02. The maximum Gasteiger partial charge on any atom is 0.339 e. The van der Waals surface area contributed by atoms with Gasteiger partial charge in [-0.2, -0.15) is 0 Å². The monoisotopic (exact) mass is 226 g/mol. The summed E-state index contributed by atoms with van der Waals surface area (Å²) in [5.41, 5.74) is 0.809. The molecule has 3 N–H and O–H groups in total. The molecule has 0 aliphatic carbocycles. The molecule has 1 aromatic heterocycles. The predicted octanol–water partition coefficient (Wildman–Crippen LogP) is 0.995. The summed E-state index contributed by atoms with van der Waals surface area (Å²) in [6.45, 7) is 3.20. The van der Waals surface area contributed by atoms with Gasteiger partial charge >= 0.3 is 5.97 Å². The zero-order valence-corrected chi connectivity index (χ0v) is 9.33. The van der Waals surface area contributed by atoms with Crippen molar-refractivity contribution in [3.8, 4) is 0 Å². The number of rotatable bonds is 4. The smallest absolute Gasteiger partial charge is 0.339 e. The number of H-pyrrole nitrogens is 1. The molecule has 1 atom stereocenters. The van der Waals surface area contributed by atoms with Gasteiger partial charge in [-0.05, 0) is 13.8 Å². The Morgan fingerprint density at radius 3 is 2.69 bits per heavy atom. The number of ether oxygens (including phenoxy) is 1. The van der Waals surface area contributed by atoms with Crippen LogP contribution in [0.5, 0.6) is 0 Å². The molecule has 0 radical (unpaired) electrons. The number of carbonyl (C=O) groups excluding carboxylic acids is 1. The molecule has 0 bridgehead atoms. The number of nitrogens with one attached hydrogen (secondary N) is 2. The van der Waals surface area contributed by atoms with E-state index in [9.17, 15) is 9.59 Å². The van der Waals surface area contributed by atoms with Crippen LogP contribution in [0, 0.1) is 6.92 Å². The van der Waals surface area contributed by atoms with E-state index in [-0.39, 0.29) is 17.2 Å². The van der Waals surface area contributed by atoms with Crippen LogP contribution in [-0.2, 0) is 9.53 Å². The minimum atomic E-state index is -1.08. The first-order valence-electron chi connectivity index (χ1n) is 4.72. The number of hydrogen-bond donors (Lipinski definition) is 3. The van der Waals surface area contributed by atoms with Crippen molar-refractivity contribution in [3.63, 3.8) is 0 Å². The Bertz CT molecular complexity index is 411. The summed E-state index contributed by atoms with van der Waals surface area (Å²) in [6, 6.07) is 0. The van der Waals surface area contributed by atoms with Crippen molar-refractivity contribution in [2.75, 3.05) is 12.4 Å². The second kappa shape index (κ2) is 4.80. The van der Waals surface area contributed by atoms with Crippen molar-refractivity contribution in [3.05, 3.63) is 17.5 Å². The molecule has 0 spiro atoms. The molecule has 0 saturated carbocycles. The average molecular weight is 226 g/mol. The highest BCUT2D eigenvalue weighted by atomic mass is 16.5. The number of aromatic carboxylic acids is 1. The molecule has 16 heavy (non-hydrogen) atoms. The van der Waals surface area contributed by atoms with E-state index in [0.717, 1.165) is 0 Å². The minimum absolute atomic E-state index is 0.0663. The summed E-state index contributed by atoms with van der Waals surface area (Å²) in [7, 11) is 1.41. The van der Waals surface area contributed by atoms with E-state index in [1.807, 2.05) is 0 Å². The van der Waals surface area contributed by atoms with Gasteiger partial charge in [0.2, 0.25) is 0 Å². The first-order valence-corrected chi connectivity index (χ1v) is 4.72. The van der Waals surface area contributed by atoms with Gasteiger partial charge in [0.1, 0.15) is 11.7 Å². The lowest BCUT2D eigenvalue weighted by Gasteiger charge is -2.09. The number of carboxylic acid groups (broad SMARTS) is 1. The number of aromatic nitrogens is 1. The number of methoxy groups -OCH3 is 1. The van der Waals surface area contributed by atoms with Crippen LogP contribution in [-0.4, -0.2) is 35.2 Å². The molecule has 0 aliphatic heterocycles. The Hall–Kier alpha value is -1.82. The molecule has 0 aromatic carbocycles. The zero-order valence-electron chi connectivity index (χ0n) is 9.33. The van der Waals surface area contributed by atoms with Gasteiger partial charge in [-0.3, -0.25) is 4.79 Å². The molecule has 1 heterocycles. The lowest BCUT2D eigenvalue weighted by molar-refractivity contribution is -0.124. The molecule has 6 nitrogen and oxygen atoms in total. The van der Waals surface area contributed by atoms with Crippen molar-refractivity contribution in [2.24, 2.45) is 0 Å². The highest BCUT2D eigenvalue weighted by Gasteiger charge is 2.19. The average Bonchev–Trinajstić information content (AvgIpc) is 2.58. The van der Waals surface area contributed by atoms with E-state index in [4.69, 9.17) is 9.84 Å². The maximum atomic E-state index is 11.5. The van der Waals surface area contributed by atoms with Gasteiger partial charge in [0.15, 0.2) is 0 Å². The Balaban J connectivity index is 2.90. The zero-order chi connectivity index (χ0) is 12.3. The van der Waals surface area contributed by atoms with Crippen LogP contribution in [0.2, 0.25) is 0 Å². The minimum Gasteiger partial charge on any atom is -0.478 e. The van der Waals surface area contributed by atoms with Crippen LogP contribution >= 0.6 is 0 Å². The molecular formula is C10H14N2O4. The predicted molar refractivity (Wildman–Crippen MR) is 57.6 cm³/mol. The Labute approximate surface area is 92.6 Å². The van der Waals surface area contributed by atoms with Gasteiger partial charge in [-0.25, -0.2) is 4.79 Å². The van der Waals surface area contributed by atoms with Crippen LogP contribution in [0.4, 0.5) is 5.69 Å². The van der Waals surface area contributed by atoms with Crippen molar-refractivity contribution in [2.45, 2.75) is 20.0 Å². The molecular weight excluding hydrogens is 212 g/mol. The van der Waals surface area contributed by atoms with Crippen molar-refractivity contribution < 1.29 is 19.4 Å². The van der Waals surface area contributed by atoms with Gasteiger partial charge in [0.05, 0.1) is 5.69 Å². The summed E-state index contributed by atoms with van der Waals surface area (Å²) in [5, 5.41) is 11.4. The van der Waals surface area contributed by atoms with Gasteiger partial charge < -0.3 is 20.1 Å². The highest BCUT2D eigenvalue weighted by Crippen LogP contribution is 2.19. The molecule has 1 rings (SSSR count). The first kappa shape index (κ1) is 12.3. The van der Waals surface area contributed by atoms with Crippen LogP contribution in [0.25, 0.3) is 0 Å². The lowest BCUT2D eigenvalue weighted by Crippen LogP contribution is -2.27. The number of hydrogen-bond acceptors (Lipinski definition) is 3. The number of carboxylic acids is 1. The summed E-state index contributed by atoms with van der Waals surface area (Å²) < 4.78 is 4.82. The third kappa shape index (κ3) is 2.40. The van der Waals surface area contributed by atoms with E-state index in [2.05, 4.69) is 10.3 Å². The SMILES string of the molecule is COC(C)C(=O)Nc1c[nH]c(C)c1C(=O)O. The van der Waals surface area contributed by atoms with Crippen molar-refractivity contribution in [1.82, 2.24) is 4.98 Å². The molecule has 1 aromatic rings. The van der Waals surface area contributed by atoms with Crippen molar-refractivity contribution >= 4 is 17.6 Å². The van der Waals surface area contributed by atoms with E-state index >= 15 is 0 Å². The van der Waals surface area contributed by atoms with Gasteiger partial charge in [-0.1, -0.05) is 0 Å². The molecule has 0 saturated heterocycles. The van der Waals surface area contributed by atoms with Crippen LogP contribution < -0.4 is 5.32 Å². The van der Waals surface area contributed by atoms with E-state index < -0.39 is 12.1 Å². The number of anilines is 1. The third-order valence-corrected chi connectivity index (χ3v) is 2.27. The second-order valence-corrected chi connectivity index (χ2v) is 3.37.